The normalized spacial score (nSPS) is 32.2. The Morgan fingerprint density at radius 2 is 2.56 bits per heavy atom. The Kier molecular flexibility index (Phi) is 2.09. The number of carbonyl (C=O) groups is 1. The van der Waals surface area contributed by atoms with Gasteiger partial charge < -0.3 is 4.74 Å². The van der Waals surface area contributed by atoms with E-state index < -0.39 is 0 Å². The molecule has 0 aliphatic heterocycles. The Labute approximate surface area is 59.1 Å². The Bertz CT molecular complexity index is 124. The zero-order valence-corrected chi connectivity index (χ0v) is 6.02. The van der Waals surface area contributed by atoms with E-state index in [1.54, 1.807) is 7.11 Å². The third-order valence-corrected chi connectivity index (χ3v) is 1.88. The summed E-state index contributed by atoms with van der Waals surface area (Å²) < 4.78 is 4.84. The molecular formula is C6H9ClO2. The van der Waals surface area contributed by atoms with Gasteiger partial charge in [0.05, 0.1) is 0 Å². The van der Waals surface area contributed by atoms with Crippen LogP contribution in [-0.4, -0.2) is 19.0 Å². The maximum atomic E-state index is 10.4. The van der Waals surface area contributed by atoms with Gasteiger partial charge in [-0.15, -0.1) is 0 Å². The topological polar surface area (TPSA) is 26.3 Å². The summed E-state index contributed by atoms with van der Waals surface area (Å²) in [4.78, 5) is 10.4. The molecule has 0 spiro atoms. The minimum atomic E-state index is -0.211. The SMILES string of the molecule is COCC1CC1C(=O)Cl. The molecule has 0 N–H and O–H groups in total. The largest absolute Gasteiger partial charge is 0.384 e. The third kappa shape index (κ3) is 1.66. The summed E-state index contributed by atoms with van der Waals surface area (Å²) in [6.07, 6.45) is 0.913. The lowest BCUT2D eigenvalue weighted by atomic mass is 10.3. The fourth-order valence-corrected chi connectivity index (χ4v) is 1.19. The van der Waals surface area contributed by atoms with Crippen LogP contribution in [0, 0.1) is 11.8 Å². The Balaban J connectivity index is 2.17. The van der Waals surface area contributed by atoms with Gasteiger partial charge in [-0.05, 0) is 23.9 Å². The van der Waals surface area contributed by atoms with Crippen molar-refractivity contribution in [2.24, 2.45) is 11.8 Å². The molecule has 1 fully saturated rings. The average Bonchev–Trinajstić information content (AvgIpc) is 2.47. The molecule has 2 unspecified atom stereocenters. The van der Waals surface area contributed by atoms with Crippen molar-refractivity contribution in [1.29, 1.82) is 0 Å². The second kappa shape index (κ2) is 2.67. The Morgan fingerprint density at radius 1 is 1.89 bits per heavy atom. The number of halogens is 1. The second-order valence-corrected chi connectivity index (χ2v) is 2.73. The fraction of sp³-hybridized carbons (Fsp3) is 0.833. The minimum absolute atomic E-state index is 0.0895. The lowest BCUT2D eigenvalue weighted by molar-refractivity contribution is -0.113. The van der Waals surface area contributed by atoms with Gasteiger partial charge in [-0.1, -0.05) is 0 Å². The van der Waals surface area contributed by atoms with E-state index in [2.05, 4.69) is 0 Å². The molecule has 1 aliphatic carbocycles. The highest BCUT2D eigenvalue weighted by Crippen LogP contribution is 2.39. The van der Waals surface area contributed by atoms with E-state index in [1.165, 1.54) is 0 Å². The first kappa shape index (κ1) is 7.03. The molecule has 52 valence electrons. The summed E-state index contributed by atoms with van der Waals surface area (Å²) in [7, 11) is 1.63. The van der Waals surface area contributed by atoms with Gasteiger partial charge in [-0.3, -0.25) is 4.79 Å². The van der Waals surface area contributed by atoms with Crippen molar-refractivity contribution in [1.82, 2.24) is 0 Å². The first-order valence-electron chi connectivity index (χ1n) is 2.94. The van der Waals surface area contributed by atoms with Gasteiger partial charge in [0.2, 0.25) is 5.24 Å². The molecule has 0 aromatic carbocycles. The maximum Gasteiger partial charge on any atom is 0.225 e. The highest BCUT2D eigenvalue weighted by atomic mass is 35.5. The standard InChI is InChI=1S/C6H9ClO2/c1-9-3-4-2-5(4)6(7)8/h4-5H,2-3H2,1H3. The molecule has 3 heteroatoms. The van der Waals surface area contributed by atoms with Crippen LogP contribution in [0.2, 0.25) is 0 Å². The third-order valence-electron chi connectivity index (χ3n) is 1.59. The lowest BCUT2D eigenvalue weighted by Crippen LogP contribution is -1.97. The van der Waals surface area contributed by atoms with E-state index in [0.717, 1.165) is 6.42 Å². The monoisotopic (exact) mass is 148 g/mol. The molecule has 0 aromatic rings. The summed E-state index contributed by atoms with van der Waals surface area (Å²) >= 11 is 5.21. The van der Waals surface area contributed by atoms with E-state index in [-0.39, 0.29) is 11.2 Å². The van der Waals surface area contributed by atoms with Crippen LogP contribution < -0.4 is 0 Å². The Morgan fingerprint density at radius 3 is 2.89 bits per heavy atom. The highest BCUT2D eigenvalue weighted by molar-refractivity contribution is 6.64. The molecule has 1 rings (SSSR count). The van der Waals surface area contributed by atoms with Crippen molar-refractivity contribution in [3.63, 3.8) is 0 Å². The number of hydrogen-bond donors (Lipinski definition) is 0. The number of methoxy groups -OCH3 is 1. The van der Waals surface area contributed by atoms with E-state index >= 15 is 0 Å². The summed E-state index contributed by atoms with van der Waals surface area (Å²) in [6.45, 7) is 0.670. The summed E-state index contributed by atoms with van der Waals surface area (Å²) in [6, 6.07) is 0. The summed E-state index contributed by atoms with van der Waals surface area (Å²) in [5.74, 6) is 0.492. The molecule has 0 bridgehead atoms. The van der Waals surface area contributed by atoms with Crippen LogP contribution >= 0.6 is 11.6 Å². The van der Waals surface area contributed by atoms with E-state index in [4.69, 9.17) is 16.3 Å². The zero-order valence-electron chi connectivity index (χ0n) is 5.26. The summed E-state index contributed by atoms with van der Waals surface area (Å²) in [5, 5.41) is -0.211. The van der Waals surface area contributed by atoms with Crippen molar-refractivity contribution in [2.45, 2.75) is 6.42 Å². The van der Waals surface area contributed by atoms with Crippen LogP contribution in [-0.2, 0) is 9.53 Å². The zero-order chi connectivity index (χ0) is 6.85. The molecule has 0 heterocycles. The van der Waals surface area contributed by atoms with E-state index in [0.29, 0.717) is 12.5 Å². The van der Waals surface area contributed by atoms with E-state index in [1.807, 2.05) is 0 Å². The number of hydrogen-bond acceptors (Lipinski definition) is 2. The Hall–Kier alpha value is -0.0800. The van der Waals surface area contributed by atoms with Crippen molar-refractivity contribution in [3.8, 4) is 0 Å². The number of ether oxygens (including phenoxy) is 1. The van der Waals surface area contributed by atoms with Gasteiger partial charge in [0.1, 0.15) is 0 Å². The van der Waals surface area contributed by atoms with Crippen LogP contribution in [0.1, 0.15) is 6.42 Å². The summed E-state index contributed by atoms with van der Waals surface area (Å²) in [5.41, 5.74) is 0. The fourth-order valence-electron chi connectivity index (χ4n) is 0.924. The molecule has 2 atom stereocenters. The number of carbonyl (C=O) groups excluding carboxylic acids is 1. The van der Waals surface area contributed by atoms with Gasteiger partial charge in [-0.2, -0.15) is 0 Å². The average molecular weight is 149 g/mol. The van der Waals surface area contributed by atoms with Gasteiger partial charge >= 0.3 is 0 Å². The smallest absolute Gasteiger partial charge is 0.225 e. The van der Waals surface area contributed by atoms with Crippen LogP contribution in [0.3, 0.4) is 0 Å². The van der Waals surface area contributed by atoms with Gasteiger partial charge in [0.15, 0.2) is 0 Å². The number of rotatable bonds is 3. The molecular weight excluding hydrogens is 140 g/mol. The van der Waals surface area contributed by atoms with Crippen molar-refractivity contribution in [2.75, 3.05) is 13.7 Å². The molecule has 9 heavy (non-hydrogen) atoms. The minimum Gasteiger partial charge on any atom is -0.384 e. The molecule has 0 amide bonds. The molecule has 2 nitrogen and oxygen atoms in total. The first-order chi connectivity index (χ1) is 4.25. The van der Waals surface area contributed by atoms with Crippen molar-refractivity contribution in [3.05, 3.63) is 0 Å². The molecule has 1 aliphatic rings. The van der Waals surface area contributed by atoms with Crippen LogP contribution in [0.25, 0.3) is 0 Å². The molecule has 0 saturated heterocycles. The predicted octanol–water partition coefficient (Wildman–Crippen LogP) is 1.03. The van der Waals surface area contributed by atoms with Crippen molar-refractivity contribution < 1.29 is 9.53 Å². The first-order valence-corrected chi connectivity index (χ1v) is 3.31. The van der Waals surface area contributed by atoms with Crippen LogP contribution in [0.4, 0.5) is 0 Å². The van der Waals surface area contributed by atoms with Crippen molar-refractivity contribution >= 4 is 16.8 Å². The molecule has 0 radical (unpaired) electrons. The molecule has 1 saturated carbocycles. The quantitative estimate of drug-likeness (QED) is 0.559. The van der Waals surface area contributed by atoms with Gasteiger partial charge in [0, 0.05) is 19.6 Å². The molecule has 0 aromatic heterocycles. The lowest BCUT2D eigenvalue weighted by Gasteiger charge is -1.91. The van der Waals surface area contributed by atoms with Gasteiger partial charge in [0.25, 0.3) is 0 Å². The van der Waals surface area contributed by atoms with Gasteiger partial charge in [-0.25, -0.2) is 0 Å². The second-order valence-electron chi connectivity index (χ2n) is 2.36. The van der Waals surface area contributed by atoms with E-state index in [9.17, 15) is 4.79 Å². The highest BCUT2D eigenvalue weighted by Gasteiger charge is 2.41. The van der Waals surface area contributed by atoms with Crippen LogP contribution in [0.15, 0.2) is 0 Å². The van der Waals surface area contributed by atoms with Crippen LogP contribution in [0.5, 0.6) is 0 Å². The predicted molar refractivity (Wildman–Crippen MR) is 34.3 cm³/mol. The maximum absolute atomic E-state index is 10.4.